The molecule has 4 heteroatoms. The lowest BCUT2D eigenvalue weighted by molar-refractivity contribution is 0.795. The van der Waals surface area contributed by atoms with Crippen LogP contribution in [0.1, 0.15) is 37.9 Å². The Bertz CT molecular complexity index is 514. The van der Waals surface area contributed by atoms with Gasteiger partial charge in [0.2, 0.25) is 0 Å². The van der Waals surface area contributed by atoms with E-state index in [9.17, 15) is 0 Å². The van der Waals surface area contributed by atoms with Crippen molar-refractivity contribution < 1.29 is 0 Å². The molecule has 1 aromatic heterocycles. The molecule has 0 radical (unpaired) electrons. The predicted octanol–water partition coefficient (Wildman–Crippen LogP) is 4.15. The van der Waals surface area contributed by atoms with Crippen LogP contribution in [0.3, 0.4) is 0 Å². The van der Waals surface area contributed by atoms with Crippen molar-refractivity contribution in [1.82, 2.24) is 10.2 Å². The average Bonchev–Trinajstić information content (AvgIpc) is 2.94. The molecule has 0 aliphatic rings. The van der Waals surface area contributed by atoms with Gasteiger partial charge in [0.25, 0.3) is 0 Å². The van der Waals surface area contributed by atoms with Crippen molar-refractivity contribution in [1.29, 1.82) is 0 Å². The van der Waals surface area contributed by atoms with E-state index in [1.54, 1.807) is 0 Å². The quantitative estimate of drug-likeness (QED) is 0.747. The van der Waals surface area contributed by atoms with Crippen LogP contribution in [0.15, 0.2) is 43.2 Å². The van der Waals surface area contributed by atoms with Crippen LogP contribution in [0, 0.1) is 0 Å². The number of rotatable bonds is 6. The molecular formula is C17H26N4. The molecule has 0 bridgehead atoms. The standard InChI is InChI=1S/C15H21N3.C2H5N/c1-3-5-6-12-7-9-13(10-8-12)17-15-11-16-18-14(15)4-2;1-2-3/h7-11,17H,3-6H2,1-2H3,(H,16,18);2H,1,3H2. The average molecular weight is 286 g/mol. The predicted molar refractivity (Wildman–Crippen MR) is 90.7 cm³/mol. The summed E-state index contributed by atoms with van der Waals surface area (Å²) in [5.74, 6) is 0. The summed E-state index contributed by atoms with van der Waals surface area (Å²) in [5, 5.41) is 10.5. The maximum atomic E-state index is 4.61. The van der Waals surface area contributed by atoms with Crippen LogP contribution in [-0.4, -0.2) is 10.2 Å². The SMILES string of the molecule is C=CN.CCCCc1ccc(Nc2cn[nH]c2CC)cc1. The highest BCUT2D eigenvalue weighted by atomic mass is 15.1. The highest BCUT2D eigenvalue weighted by molar-refractivity contribution is 5.61. The zero-order valence-corrected chi connectivity index (χ0v) is 13.0. The third-order valence-corrected chi connectivity index (χ3v) is 3.12. The number of nitrogens with two attached hydrogens (primary N) is 1. The fraction of sp³-hybridized carbons (Fsp3) is 0.353. The van der Waals surface area contributed by atoms with E-state index in [2.05, 4.69) is 65.9 Å². The monoisotopic (exact) mass is 286 g/mol. The Morgan fingerprint density at radius 1 is 1.29 bits per heavy atom. The number of nitrogens with zero attached hydrogens (tertiary/aromatic N) is 1. The van der Waals surface area contributed by atoms with Gasteiger partial charge in [-0.25, -0.2) is 0 Å². The third kappa shape index (κ3) is 5.73. The molecule has 0 atom stereocenters. The third-order valence-electron chi connectivity index (χ3n) is 3.12. The van der Waals surface area contributed by atoms with E-state index in [0.717, 1.165) is 23.5 Å². The Labute approximate surface area is 127 Å². The normalized spacial score (nSPS) is 9.62. The minimum Gasteiger partial charge on any atom is -0.405 e. The van der Waals surface area contributed by atoms with Crippen molar-refractivity contribution in [2.24, 2.45) is 5.73 Å². The fourth-order valence-corrected chi connectivity index (χ4v) is 1.98. The van der Waals surface area contributed by atoms with Gasteiger partial charge in [-0.1, -0.05) is 39.0 Å². The number of aryl methyl sites for hydroxylation is 2. The Kier molecular flexibility index (Phi) is 7.72. The Morgan fingerprint density at radius 2 is 1.95 bits per heavy atom. The zero-order chi connectivity index (χ0) is 15.5. The number of nitrogens with one attached hydrogen (secondary N) is 2. The van der Waals surface area contributed by atoms with Crippen molar-refractivity contribution in [3.63, 3.8) is 0 Å². The van der Waals surface area contributed by atoms with Crippen LogP contribution in [0.5, 0.6) is 0 Å². The lowest BCUT2D eigenvalue weighted by Gasteiger charge is -2.07. The van der Waals surface area contributed by atoms with Crippen molar-refractivity contribution in [2.45, 2.75) is 39.5 Å². The van der Waals surface area contributed by atoms with Gasteiger partial charge in [0.15, 0.2) is 0 Å². The van der Waals surface area contributed by atoms with E-state index in [1.807, 2.05) is 6.20 Å². The number of aromatic amines is 1. The van der Waals surface area contributed by atoms with Crippen LogP contribution in [0.4, 0.5) is 11.4 Å². The minimum atomic E-state index is 0.955. The number of anilines is 2. The minimum absolute atomic E-state index is 0.955. The molecule has 0 saturated carbocycles. The number of H-pyrrole nitrogens is 1. The number of hydrogen-bond acceptors (Lipinski definition) is 3. The van der Waals surface area contributed by atoms with Gasteiger partial charge < -0.3 is 11.1 Å². The second-order valence-corrected chi connectivity index (χ2v) is 4.78. The summed E-state index contributed by atoms with van der Waals surface area (Å²) in [6.07, 6.45) is 7.72. The number of unbranched alkanes of at least 4 members (excludes halogenated alkanes) is 1. The van der Waals surface area contributed by atoms with Gasteiger partial charge in [-0.3, -0.25) is 5.10 Å². The Morgan fingerprint density at radius 3 is 2.52 bits per heavy atom. The number of hydrogen-bond donors (Lipinski definition) is 3. The molecule has 0 aliphatic heterocycles. The van der Waals surface area contributed by atoms with E-state index in [1.165, 1.54) is 31.0 Å². The zero-order valence-electron chi connectivity index (χ0n) is 13.0. The summed E-state index contributed by atoms with van der Waals surface area (Å²) in [4.78, 5) is 0. The molecule has 2 aromatic rings. The van der Waals surface area contributed by atoms with Gasteiger partial charge in [-0.2, -0.15) is 5.10 Å². The summed E-state index contributed by atoms with van der Waals surface area (Å²) in [5.41, 5.74) is 9.35. The molecule has 114 valence electrons. The van der Waals surface area contributed by atoms with Crippen molar-refractivity contribution >= 4 is 11.4 Å². The van der Waals surface area contributed by atoms with Crippen LogP contribution in [-0.2, 0) is 12.8 Å². The molecule has 2 rings (SSSR count). The van der Waals surface area contributed by atoms with Crippen LogP contribution in [0.2, 0.25) is 0 Å². The van der Waals surface area contributed by atoms with Gasteiger partial charge in [-0.05, 0) is 43.2 Å². The van der Waals surface area contributed by atoms with E-state index >= 15 is 0 Å². The molecular weight excluding hydrogens is 260 g/mol. The van der Waals surface area contributed by atoms with Gasteiger partial charge in [0.1, 0.15) is 0 Å². The molecule has 21 heavy (non-hydrogen) atoms. The highest BCUT2D eigenvalue weighted by Crippen LogP contribution is 2.20. The molecule has 4 nitrogen and oxygen atoms in total. The number of aromatic nitrogens is 2. The molecule has 0 aliphatic carbocycles. The van der Waals surface area contributed by atoms with Crippen molar-refractivity contribution in [3.8, 4) is 0 Å². The van der Waals surface area contributed by atoms with Gasteiger partial charge in [-0.15, -0.1) is 0 Å². The molecule has 4 N–H and O–H groups in total. The van der Waals surface area contributed by atoms with Crippen LogP contribution < -0.4 is 11.1 Å². The molecule has 1 aromatic carbocycles. The first-order valence-electron chi connectivity index (χ1n) is 7.45. The van der Waals surface area contributed by atoms with Crippen LogP contribution >= 0.6 is 0 Å². The molecule has 0 saturated heterocycles. The summed E-state index contributed by atoms with van der Waals surface area (Å²) < 4.78 is 0. The smallest absolute Gasteiger partial charge is 0.0800 e. The largest absolute Gasteiger partial charge is 0.405 e. The summed E-state index contributed by atoms with van der Waals surface area (Å²) in [7, 11) is 0. The second kappa shape index (κ2) is 9.64. The Balaban J connectivity index is 0.000000677. The van der Waals surface area contributed by atoms with E-state index < -0.39 is 0 Å². The maximum absolute atomic E-state index is 4.61. The first-order chi connectivity index (χ1) is 10.2. The second-order valence-electron chi connectivity index (χ2n) is 4.78. The first kappa shape index (κ1) is 16.8. The van der Waals surface area contributed by atoms with Crippen molar-refractivity contribution in [3.05, 3.63) is 54.5 Å². The Hall–Kier alpha value is -2.23. The summed E-state index contributed by atoms with van der Waals surface area (Å²) in [6.45, 7) is 7.48. The summed E-state index contributed by atoms with van der Waals surface area (Å²) >= 11 is 0. The van der Waals surface area contributed by atoms with Gasteiger partial charge in [0, 0.05) is 5.69 Å². The highest BCUT2D eigenvalue weighted by Gasteiger charge is 2.03. The summed E-state index contributed by atoms with van der Waals surface area (Å²) in [6, 6.07) is 8.67. The van der Waals surface area contributed by atoms with Crippen molar-refractivity contribution in [2.75, 3.05) is 5.32 Å². The first-order valence-corrected chi connectivity index (χ1v) is 7.45. The number of benzene rings is 1. The van der Waals surface area contributed by atoms with E-state index in [0.29, 0.717) is 0 Å². The van der Waals surface area contributed by atoms with Gasteiger partial charge in [0.05, 0.1) is 17.6 Å². The molecule has 0 fully saturated rings. The fourth-order valence-electron chi connectivity index (χ4n) is 1.98. The molecule has 0 unspecified atom stereocenters. The van der Waals surface area contributed by atoms with Crippen LogP contribution in [0.25, 0.3) is 0 Å². The molecule has 0 spiro atoms. The van der Waals surface area contributed by atoms with Gasteiger partial charge >= 0.3 is 0 Å². The lowest BCUT2D eigenvalue weighted by Crippen LogP contribution is -1.93. The lowest BCUT2D eigenvalue weighted by atomic mass is 10.1. The maximum Gasteiger partial charge on any atom is 0.0800 e. The molecule has 0 amide bonds. The molecule has 1 heterocycles. The van der Waals surface area contributed by atoms with E-state index in [4.69, 9.17) is 0 Å². The van der Waals surface area contributed by atoms with E-state index in [-0.39, 0.29) is 0 Å². The topological polar surface area (TPSA) is 66.7 Å².